The Kier molecular flexibility index (Phi) is 4.05. The summed E-state index contributed by atoms with van der Waals surface area (Å²) in [4.78, 5) is 0. The van der Waals surface area contributed by atoms with Crippen LogP contribution in [-0.4, -0.2) is 21.3 Å². The molecule has 1 aromatic carbocycles. The molecule has 0 amide bonds. The summed E-state index contributed by atoms with van der Waals surface area (Å²) >= 11 is 6.06. The molecule has 0 atom stereocenters. The molecule has 0 aliphatic heterocycles. The number of rotatable bonds is 4. The van der Waals surface area contributed by atoms with Crippen LogP contribution in [0.15, 0.2) is 12.1 Å². The highest BCUT2D eigenvalue weighted by Gasteiger charge is 2.25. The monoisotopic (exact) mass is 243 g/mol. The van der Waals surface area contributed by atoms with E-state index < -0.39 is 0 Å². The largest absolute Gasteiger partial charge is 0.493 e. The van der Waals surface area contributed by atoms with Crippen molar-refractivity contribution in [1.29, 1.82) is 0 Å². The van der Waals surface area contributed by atoms with Crippen LogP contribution in [0.2, 0.25) is 5.02 Å². The van der Waals surface area contributed by atoms with Gasteiger partial charge in [-0.05, 0) is 27.0 Å². The molecular weight excluding hydrogens is 226 g/mol. The minimum atomic E-state index is -0.233. The van der Waals surface area contributed by atoms with E-state index >= 15 is 0 Å². The molecule has 1 N–H and O–H groups in total. The third kappa shape index (κ3) is 2.42. The maximum atomic E-state index is 6.06. The number of ether oxygens (including phenoxy) is 2. The summed E-state index contributed by atoms with van der Waals surface area (Å²) in [5.74, 6) is 1.36. The van der Waals surface area contributed by atoms with E-state index in [1.54, 1.807) is 20.3 Å². The topological polar surface area (TPSA) is 30.5 Å². The van der Waals surface area contributed by atoms with Gasteiger partial charge < -0.3 is 14.8 Å². The third-order valence-electron chi connectivity index (χ3n) is 2.74. The molecule has 0 spiro atoms. The second-order valence-corrected chi connectivity index (χ2v) is 4.50. The zero-order chi connectivity index (χ0) is 12.3. The van der Waals surface area contributed by atoms with Crippen LogP contribution in [0.3, 0.4) is 0 Å². The van der Waals surface area contributed by atoms with Crippen molar-refractivity contribution in [1.82, 2.24) is 5.32 Å². The molecule has 16 heavy (non-hydrogen) atoms. The Balaban J connectivity index is 3.42. The first-order chi connectivity index (χ1) is 7.46. The van der Waals surface area contributed by atoms with Gasteiger partial charge in [0.2, 0.25) is 0 Å². The molecule has 1 aromatic rings. The molecule has 4 heteroatoms. The quantitative estimate of drug-likeness (QED) is 0.882. The van der Waals surface area contributed by atoms with Crippen molar-refractivity contribution < 1.29 is 9.47 Å². The lowest BCUT2D eigenvalue weighted by Gasteiger charge is -2.27. The average Bonchev–Trinajstić information content (AvgIpc) is 2.27. The molecule has 0 heterocycles. The van der Waals surface area contributed by atoms with Gasteiger partial charge in [-0.2, -0.15) is 0 Å². The van der Waals surface area contributed by atoms with Gasteiger partial charge in [-0.3, -0.25) is 0 Å². The smallest absolute Gasteiger partial charge is 0.165 e. The van der Waals surface area contributed by atoms with Crippen LogP contribution in [0.25, 0.3) is 0 Å². The van der Waals surface area contributed by atoms with Gasteiger partial charge >= 0.3 is 0 Å². The molecule has 0 bridgehead atoms. The van der Waals surface area contributed by atoms with E-state index in [4.69, 9.17) is 21.1 Å². The second-order valence-electron chi connectivity index (χ2n) is 4.06. The van der Waals surface area contributed by atoms with Gasteiger partial charge in [0.1, 0.15) is 0 Å². The summed E-state index contributed by atoms with van der Waals surface area (Å²) in [7, 11) is 5.12. The van der Waals surface area contributed by atoms with E-state index in [1.807, 2.05) is 13.1 Å². The highest BCUT2D eigenvalue weighted by molar-refractivity contribution is 6.30. The van der Waals surface area contributed by atoms with E-state index in [-0.39, 0.29) is 5.54 Å². The van der Waals surface area contributed by atoms with Crippen molar-refractivity contribution in [3.8, 4) is 11.5 Å². The fourth-order valence-electron chi connectivity index (χ4n) is 1.53. The summed E-state index contributed by atoms with van der Waals surface area (Å²) in [6.07, 6.45) is 0. The maximum Gasteiger partial charge on any atom is 0.165 e. The van der Waals surface area contributed by atoms with Crippen molar-refractivity contribution in [3.05, 3.63) is 22.7 Å². The lowest BCUT2D eigenvalue weighted by molar-refractivity contribution is 0.335. The summed E-state index contributed by atoms with van der Waals surface area (Å²) < 4.78 is 10.6. The second kappa shape index (κ2) is 4.93. The van der Waals surface area contributed by atoms with Gasteiger partial charge in [0.05, 0.1) is 14.2 Å². The van der Waals surface area contributed by atoms with E-state index in [2.05, 4.69) is 19.2 Å². The van der Waals surface area contributed by atoms with Crippen LogP contribution in [0.4, 0.5) is 0 Å². The molecule has 0 fully saturated rings. The minimum Gasteiger partial charge on any atom is -0.493 e. The molecule has 0 unspecified atom stereocenters. The first kappa shape index (κ1) is 13.1. The predicted molar refractivity (Wildman–Crippen MR) is 66.6 cm³/mol. The van der Waals surface area contributed by atoms with E-state index in [1.165, 1.54) is 0 Å². The Labute approximate surface area is 102 Å². The minimum absolute atomic E-state index is 0.233. The number of hydrogen-bond acceptors (Lipinski definition) is 3. The normalized spacial score (nSPS) is 11.4. The van der Waals surface area contributed by atoms with Crippen LogP contribution in [0.1, 0.15) is 19.4 Å². The summed E-state index contributed by atoms with van der Waals surface area (Å²) in [5.41, 5.74) is 0.741. The number of hydrogen-bond donors (Lipinski definition) is 1. The third-order valence-corrected chi connectivity index (χ3v) is 2.96. The Hall–Kier alpha value is -0.930. The van der Waals surface area contributed by atoms with Crippen molar-refractivity contribution >= 4 is 11.6 Å². The van der Waals surface area contributed by atoms with Crippen molar-refractivity contribution in [2.24, 2.45) is 0 Å². The SMILES string of the molecule is CNC(C)(C)c1cc(Cl)cc(OC)c1OC. The molecule has 1 rings (SSSR count). The fraction of sp³-hybridized carbons (Fsp3) is 0.500. The van der Waals surface area contributed by atoms with Crippen LogP contribution in [0, 0.1) is 0 Å². The maximum absolute atomic E-state index is 6.06. The van der Waals surface area contributed by atoms with Crippen molar-refractivity contribution in [3.63, 3.8) is 0 Å². The average molecular weight is 244 g/mol. The highest BCUT2D eigenvalue weighted by Crippen LogP contribution is 2.39. The van der Waals surface area contributed by atoms with Gasteiger partial charge in [-0.15, -0.1) is 0 Å². The molecule has 90 valence electrons. The highest BCUT2D eigenvalue weighted by atomic mass is 35.5. The fourth-order valence-corrected chi connectivity index (χ4v) is 1.74. The van der Waals surface area contributed by atoms with Crippen LogP contribution in [-0.2, 0) is 5.54 Å². The number of benzene rings is 1. The van der Waals surface area contributed by atoms with Crippen molar-refractivity contribution in [2.75, 3.05) is 21.3 Å². The molecule has 3 nitrogen and oxygen atoms in total. The first-order valence-corrected chi connectivity index (χ1v) is 5.45. The van der Waals surface area contributed by atoms with Crippen LogP contribution >= 0.6 is 11.6 Å². The summed E-state index contributed by atoms with van der Waals surface area (Å²) in [6, 6.07) is 3.63. The molecule has 0 saturated carbocycles. The van der Waals surface area contributed by atoms with Gasteiger partial charge in [0, 0.05) is 22.2 Å². The van der Waals surface area contributed by atoms with Crippen molar-refractivity contribution in [2.45, 2.75) is 19.4 Å². The molecule has 0 radical (unpaired) electrons. The summed E-state index contributed by atoms with van der Waals surface area (Å²) in [5, 5.41) is 3.85. The zero-order valence-electron chi connectivity index (χ0n) is 10.3. The van der Waals surface area contributed by atoms with E-state index in [0.717, 1.165) is 5.56 Å². The van der Waals surface area contributed by atoms with Gasteiger partial charge in [-0.25, -0.2) is 0 Å². The van der Waals surface area contributed by atoms with E-state index in [9.17, 15) is 0 Å². The lowest BCUT2D eigenvalue weighted by atomic mass is 9.93. The van der Waals surface area contributed by atoms with Crippen LogP contribution in [0.5, 0.6) is 11.5 Å². The molecular formula is C12H18ClNO2. The first-order valence-electron chi connectivity index (χ1n) is 5.07. The predicted octanol–water partition coefficient (Wildman–Crippen LogP) is 2.81. The van der Waals surface area contributed by atoms with Gasteiger partial charge in [-0.1, -0.05) is 11.6 Å². The molecule has 0 aliphatic rings. The van der Waals surface area contributed by atoms with Gasteiger partial charge in [0.25, 0.3) is 0 Å². The van der Waals surface area contributed by atoms with E-state index in [0.29, 0.717) is 16.5 Å². The Morgan fingerprint density at radius 1 is 1.19 bits per heavy atom. The molecule has 0 saturated heterocycles. The molecule has 0 aliphatic carbocycles. The number of halogens is 1. The van der Waals surface area contributed by atoms with Gasteiger partial charge in [0.15, 0.2) is 11.5 Å². The van der Waals surface area contributed by atoms with Crippen LogP contribution < -0.4 is 14.8 Å². The number of methoxy groups -OCH3 is 2. The Morgan fingerprint density at radius 3 is 2.25 bits per heavy atom. The summed E-state index contributed by atoms with van der Waals surface area (Å²) in [6.45, 7) is 4.11. The lowest BCUT2D eigenvalue weighted by Crippen LogP contribution is -2.33. The zero-order valence-corrected chi connectivity index (χ0v) is 11.1. The Bertz CT molecular complexity index is 378. The number of nitrogens with one attached hydrogen (secondary N) is 1. The molecule has 0 aromatic heterocycles. The standard InChI is InChI=1S/C12H18ClNO2/c1-12(2,14-3)9-6-8(13)7-10(15-4)11(9)16-5/h6-7,14H,1-5H3. The Morgan fingerprint density at radius 2 is 1.81 bits per heavy atom.